The average molecular weight is 387 g/mol. The fourth-order valence-corrected chi connectivity index (χ4v) is 4.13. The van der Waals surface area contributed by atoms with Crippen LogP contribution in [0.1, 0.15) is 23.2 Å². The van der Waals surface area contributed by atoms with Crippen LogP contribution in [-0.4, -0.2) is 33.0 Å². The number of carbonyl (C=O) groups excluding carboxylic acids is 1. The van der Waals surface area contributed by atoms with E-state index >= 15 is 0 Å². The molecule has 3 rings (SSSR count). The summed E-state index contributed by atoms with van der Waals surface area (Å²) in [5.41, 5.74) is 1.28. The van der Waals surface area contributed by atoms with Gasteiger partial charge in [0.2, 0.25) is 5.91 Å². The normalized spacial score (nSPS) is 10.8. The van der Waals surface area contributed by atoms with Gasteiger partial charge in [0.25, 0.3) is 0 Å². The molecule has 5 nitrogen and oxygen atoms in total. The Morgan fingerprint density at radius 1 is 1.19 bits per heavy atom. The minimum Gasteiger partial charge on any atom is -0.356 e. The smallest absolute Gasteiger partial charge is 0.230 e. The molecule has 0 aliphatic carbocycles. The molecule has 0 bridgehead atoms. The van der Waals surface area contributed by atoms with Crippen LogP contribution < -0.4 is 5.32 Å². The number of rotatable bonds is 9. The van der Waals surface area contributed by atoms with Crippen LogP contribution >= 0.6 is 23.1 Å². The average Bonchev–Trinajstić information content (AvgIpc) is 3.30. The first-order valence-corrected chi connectivity index (χ1v) is 10.5. The number of thioether (sulfide) groups is 1. The molecular weight excluding hydrogens is 364 g/mol. The van der Waals surface area contributed by atoms with E-state index in [1.54, 1.807) is 11.3 Å². The maximum Gasteiger partial charge on any atom is 0.230 e. The van der Waals surface area contributed by atoms with Crippen molar-refractivity contribution in [2.45, 2.75) is 31.5 Å². The number of thiophene rings is 1. The third-order valence-corrected chi connectivity index (χ3v) is 5.72. The van der Waals surface area contributed by atoms with Gasteiger partial charge >= 0.3 is 0 Å². The fourth-order valence-electron chi connectivity index (χ4n) is 2.61. The highest BCUT2D eigenvalue weighted by atomic mass is 32.2. The number of nitrogens with zero attached hydrogens (tertiary/aromatic N) is 3. The summed E-state index contributed by atoms with van der Waals surface area (Å²) in [7, 11) is 0. The Labute approximate surface area is 161 Å². The summed E-state index contributed by atoms with van der Waals surface area (Å²) >= 11 is 3.17. The van der Waals surface area contributed by atoms with E-state index in [1.807, 2.05) is 13.0 Å². The number of benzene rings is 1. The van der Waals surface area contributed by atoms with Gasteiger partial charge in [0.05, 0.1) is 5.75 Å². The predicted molar refractivity (Wildman–Crippen MR) is 107 cm³/mol. The van der Waals surface area contributed by atoms with Crippen molar-refractivity contribution >= 4 is 29.0 Å². The van der Waals surface area contributed by atoms with E-state index in [2.05, 4.69) is 61.9 Å². The van der Waals surface area contributed by atoms with Crippen molar-refractivity contribution in [3.8, 4) is 0 Å². The van der Waals surface area contributed by atoms with Gasteiger partial charge in [0.15, 0.2) is 5.16 Å². The van der Waals surface area contributed by atoms with Gasteiger partial charge in [-0.15, -0.1) is 21.5 Å². The molecule has 26 heavy (non-hydrogen) atoms. The summed E-state index contributed by atoms with van der Waals surface area (Å²) in [6.07, 6.45) is 1.67. The van der Waals surface area contributed by atoms with E-state index < -0.39 is 0 Å². The Balaban J connectivity index is 1.74. The lowest BCUT2D eigenvalue weighted by Gasteiger charge is -2.10. The summed E-state index contributed by atoms with van der Waals surface area (Å²) < 4.78 is 2.15. The van der Waals surface area contributed by atoms with Crippen LogP contribution in [0.15, 0.2) is 53.0 Å². The van der Waals surface area contributed by atoms with Crippen molar-refractivity contribution in [1.82, 2.24) is 20.1 Å². The van der Waals surface area contributed by atoms with Crippen LogP contribution in [0.3, 0.4) is 0 Å². The molecule has 1 amide bonds. The zero-order valence-corrected chi connectivity index (χ0v) is 16.4. The first kappa shape index (κ1) is 18.7. The van der Waals surface area contributed by atoms with Crippen LogP contribution in [0.5, 0.6) is 0 Å². The molecule has 0 atom stereocenters. The third-order valence-electron chi connectivity index (χ3n) is 3.88. The summed E-state index contributed by atoms with van der Waals surface area (Å²) in [5.74, 6) is 1.33. The van der Waals surface area contributed by atoms with Gasteiger partial charge in [0.1, 0.15) is 5.82 Å². The van der Waals surface area contributed by atoms with Crippen molar-refractivity contribution in [1.29, 1.82) is 0 Å². The zero-order chi connectivity index (χ0) is 18.2. The molecule has 0 spiro atoms. The minimum atomic E-state index is 0.0231. The maximum atomic E-state index is 11.8. The third kappa shape index (κ3) is 5.19. The molecule has 0 radical (unpaired) electrons. The number of aryl methyl sites for hydroxylation is 1. The second kappa shape index (κ2) is 9.54. The molecular formula is C19H22N4OS2. The Morgan fingerprint density at radius 3 is 2.77 bits per heavy atom. The lowest BCUT2D eigenvalue weighted by molar-refractivity contribution is -0.118. The summed E-state index contributed by atoms with van der Waals surface area (Å²) in [4.78, 5) is 13.0. The number of aromatic nitrogens is 3. The number of amides is 1. The molecule has 2 heterocycles. The number of carbonyl (C=O) groups is 1. The number of hydrogen-bond donors (Lipinski definition) is 1. The highest BCUT2D eigenvalue weighted by molar-refractivity contribution is 7.99. The van der Waals surface area contributed by atoms with Crippen molar-refractivity contribution < 1.29 is 4.79 Å². The Kier molecular flexibility index (Phi) is 6.85. The molecule has 0 saturated heterocycles. The van der Waals surface area contributed by atoms with Gasteiger partial charge in [-0.1, -0.05) is 48.2 Å². The molecule has 1 aromatic carbocycles. The van der Waals surface area contributed by atoms with E-state index in [4.69, 9.17) is 0 Å². The van der Waals surface area contributed by atoms with Crippen molar-refractivity contribution in [3.05, 3.63) is 64.1 Å². The molecule has 2 aromatic heterocycles. The quantitative estimate of drug-likeness (QED) is 0.573. The SMILES string of the molecule is CCNC(=O)CSc1nnc(Cc2cccs2)n1CCc1ccccc1. The molecule has 0 unspecified atom stereocenters. The van der Waals surface area contributed by atoms with Crippen molar-refractivity contribution in [2.24, 2.45) is 0 Å². The van der Waals surface area contributed by atoms with Crippen LogP contribution in [0.4, 0.5) is 0 Å². The highest BCUT2D eigenvalue weighted by Gasteiger charge is 2.15. The van der Waals surface area contributed by atoms with Crippen molar-refractivity contribution in [2.75, 3.05) is 12.3 Å². The molecule has 3 aromatic rings. The van der Waals surface area contributed by atoms with Gasteiger partial charge in [-0.25, -0.2) is 0 Å². The Morgan fingerprint density at radius 2 is 2.04 bits per heavy atom. The molecule has 7 heteroatoms. The highest BCUT2D eigenvalue weighted by Crippen LogP contribution is 2.21. The van der Waals surface area contributed by atoms with Crippen LogP contribution in [0.2, 0.25) is 0 Å². The molecule has 0 aliphatic rings. The second-order valence-corrected chi connectivity index (χ2v) is 7.76. The number of hydrogen-bond acceptors (Lipinski definition) is 5. The molecule has 0 aliphatic heterocycles. The predicted octanol–water partition coefficient (Wildman–Crippen LogP) is 3.40. The van der Waals surface area contributed by atoms with Crippen LogP contribution in [-0.2, 0) is 24.2 Å². The van der Waals surface area contributed by atoms with E-state index in [9.17, 15) is 4.79 Å². The molecule has 1 N–H and O–H groups in total. The Bertz CT molecular complexity index is 815. The first-order chi connectivity index (χ1) is 12.8. The van der Waals surface area contributed by atoms with Crippen molar-refractivity contribution in [3.63, 3.8) is 0 Å². The Hall–Kier alpha value is -2.12. The van der Waals surface area contributed by atoms with Gasteiger partial charge in [-0.05, 0) is 30.4 Å². The van der Waals surface area contributed by atoms with Crippen LogP contribution in [0.25, 0.3) is 0 Å². The van der Waals surface area contributed by atoms with Gasteiger partial charge in [0, 0.05) is 24.4 Å². The van der Waals surface area contributed by atoms with E-state index in [0.717, 1.165) is 30.4 Å². The minimum absolute atomic E-state index is 0.0231. The molecule has 0 fully saturated rings. The fraction of sp³-hybridized carbons (Fsp3) is 0.316. The van der Waals surface area contributed by atoms with Gasteiger partial charge in [-0.3, -0.25) is 4.79 Å². The number of nitrogens with one attached hydrogen (secondary N) is 1. The van der Waals surface area contributed by atoms with Gasteiger partial charge < -0.3 is 9.88 Å². The summed E-state index contributed by atoms with van der Waals surface area (Å²) in [5, 5.41) is 14.4. The summed E-state index contributed by atoms with van der Waals surface area (Å²) in [6, 6.07) is 14.6. The molecule has 0 saturated carbocycles. The van der Waals surface area contributed by atoms with E-state index in [1.165, 1.54) is 22.2 Å². The largest absolute Gasteiger partial charge is 0.356 e. The van der Waals surface area contributed by atoms with E-state index in [0.29, 0.717) is 12.3 Å². The standard InChI is InChI=1S/C19H22N4OS2/c1-2-20-18(24)14-26-19-22-21-17(13-16-9-6-12-25-16)23(19)11-10-15-7-4-3-5-8-15/h3-9,12H,2,10-11,13-14H2,1H3,(H,20,24). The first-order valence-electron chi connectivity index (χ1n) is 8.64. The zero-order valence-electron chi connectivity index (χ0n) is 14.7. The lowest BCUT2D eigenvalue weighted by atomic mass is 10.1. The topological polar surface area (TPSA) is 59.8 Å². The summed E-state index contributed by atoms with van der Waals surface area (Å²) in [6.45, 7) is 3.36. The monoisotopic (exact) mass is 386 g/mol. The maximum absolute atomic E-state index is 11.8. The van der Waals surface area contributed by atoms with Crippen LogP contribution in [0, 0.1) is 0 Å². The second-order valence-electron chi connectivity index (χ2n) is 5.78. The van der Waals surface area contributed by atoms with E-state index in [-0.39, 0.29) is 5.91 Å². The molecule has 136 valence electrons. The van der Waals surface area contributed by atoms with Gasteiger partial charge in [-0.2, -0.15) is 0 Å². The lowest BCUT2D eigenvalue weighted by Crippen LogP contribution is -2.24.